The van der Waals surface area contributed by atoms with E-state index >= 15 is 0 Å². The molecule has 0 bridgehead atoms. The number of hydrogen-bond donors (Lipinski definition) is 0. The third-order valence-corrected chi connectivity index (χ3v) is 4.44. The fourth-order valence-electron chi connectivity index (χ4n) is 2.62. The number of hydrogen-bond acceptors (Lipinski definition) is 3. The minimum Gasteiger partial charge on any atom is -0.339 e. The molecule has 0 aliphatic heterocycles. The Labute approximate surface area is 121 Å². The summed E-state index contributed by atoms with van der Waals surface area (Å²) in [6.45, 7) is 2.32. The van der Waals surface area contributed by atoms with Crippen molar-refractivity contribution in [1.29, 1.82) is 0 Å². The van der Waals surface area contributed by atoms with Gasteiger partial charge in [-0.2, -0.15) is 4.98 Å². The smallest absolute Gasteiger partial charge is 0.230 e. The first kappa shape index (κ1) is 12.9. The Morgan fingerprint density at radius 2 is 1.79 bits per heavy atom. The summed E-state index contributed by atoms with van der Waals surface area (Å²) in [4.78, 5) is 4.57. The Bertz CT molecular complexity index is 542. The van der Waals surface area contributed by atoms with Crippen molar-refractivity contribution in [3.05, 3.63) is 34.6 Å². The van der Waals surface area contributed by atoms with Crippen LogP contribution >= 0.6 is 15.9 Å². The third kappa shape index (κ3) is 2.89. The van der Waals surface area contributed by atoms with Crippen LogP contribution in [0.2, 0.25) is 0 Å². The van der Waals surface area contributed by atoms with Crippen molar-refractivity contribution in [1.82, 2.24) is 10.1 Å². The van der Waals surface area contributed by atoms with Gasteiger partial charge in [-0.15, -0.1) is 0 Å². The van der Waals surface area contributed by atoms with E-state index in [0.717, 1.165) is 21.8 Å². The third-order valence-electron chi connectivity index (χ3n) is 3.91. The van der Waals surface area contributed by atoms with Crippen molar-refractivity contribution in [3.8, 4) is 11.4 Å². The van der Waals surface area contributed by atoms with Gasteiger partial charge in [-0.1, -0.05) is 28.0 Å². The Hall–Kier alpha value is -1.16. The summed E-state index contributed by atoms with van der Waals surface area (Å²) in [5.74, 6) is 2.80. The van der Waals surface area contributed by atoms with Gasteiger partial charge in [0.25, 0.3) is 0 Å². The fraction of sp³-hybridized carbons (Fsp3) is 0.467. The van der Waals surface area contributed by atoms with Crippen LogP contribution in [0.3, 0.4) is 0 Å². The first-order valence-electron chi connectivity index (χ1n) is 6.82. The Morgan fingerprint density at radius 1 is 1.11 bits per heavy atom. The van der Waals surface area contributed by atoms with Crippen LogP contribution in [0.15, 0.2) is 33.3 Å². The summed E-state index contributed by atoms with van der Waals surface area (Å²) in [5, 5.41) is 4.11. The molecule has 2 aromatic rings. The first-order valence-corrected chi connectivity index (χ1v) is 7.61. The average molecular weight is 321 g/mol. The van der Waals surface area contributed by atoms with Gasteiger partial charge in [-0.3, -0.25) is 0 Å². The van der Waals surface area contributed by atoms with E-state index in [1.54, 1.807) is 0 Å². The molecule has 1 heterocycles. The molecule has 1 aliphatic carbocycles. The molecule has 0 atom stereocenters. The highest BCUT2D eigenvalue weighted by molar-refractivity contribution is 9.10. The molecule has 1 fully saturated rings. The second kappa shape index (κ2) is 5.45. The highest BCUT2D eigenvalue weighted by Gasteiger charge is 2.24. The van der Waals surface area contributed by atoms with Crippen LogP contribution in [0, 0.1) is 5.92 Å². The van der Waals surface area contributed by atoms with E-state index in [1.807, 2.05) is 24.3 Å². The SMILES string of the molecule is CC1CCC(c2nc(-c3ccc(Br)cc3)no2)CC1. The Kier molecular flexibility index (Phi) is 3.69. The summed E-state index contributed by atoms with van der Waals surface area (Å²) >= 11 is 3.43. The van der Waals surface area contributed by atoms with Crippen molar-refractivity contribution in [2.24, 2.45) is 5.92 Å². The highest BCUT2D eigenvalue weighted by atomic mass is 79.9. The van der Waals surface area contributed by atoms with E-state index in [1.165, 1.54) is 25.7 Å². The van der Waals surface area contributed by atoms with Crippen LogP contribution in [-0.2, 0) is 0 Å². The summed E-state index contributed by atoms with van der Waals surface area (Å²) in [6.07, 6.45) is 4.87. The zero-order valence-electron chi connectivity index (χ0n) is 11.0. The molecule has 0 amide bonds. The van der Waals surface area contributed by atoms with Crippen molar-refractivity contribution in [2.45, 2.75) is 38.5 Å². The van der Waals surface area contributed by atoms with Gasteiger partial charge in [0.1, 0.15) is 0 Å². The predicted octanol–water partition coefficient (Wildman–Crippen LogP) is 4.79. The number of rotatable bonds is 2. The number of aromatic nitrogens is 2. The van der Waals surface area contributed by atoms with Gasteiger partial charge >= 0.3 is 0 Å². The van der Waals surface area contributed by atoms with Gasteiger partial charge in [0, 0.05) is 16.0 Å². The van der Waals surface area contributed by atoms with E-state index in [2.05, 4.69) is 33.0 Å². The standard InChI is InChI=1S/C15H17BrN2O/c1-10-2-4-12(5-3-10)15-17-14(18-19-15)11-6-8-13(16)9-7-11/h6-10,12H,2-5H2,1H3. The molecule has 19 heavy (non-hydrogen) atoms. The molecule has 3 nitrogen and oxygen atoms in total. The van der Waals surface area contributed by atoms with Crippen molar-refractivity contribution in [3.63, 3.8) is 0 Å². The lowest BCUT2D eigenvalue weighted by Crippen LogP contribution is -2.11. The number of halogens is 1. The lowest BCUT2D eigenvalue weighted by Gasteiger charge is -2.23. The topological polar surface area (TPSA) is 38.9 Å². The zero-order chi connectivity index (χ0) is 13.2. The summed E-state index contributed by atoms with van der Waals surface area (Å²) < 4.78 is 6.51. The molecule has 0 spiro atoms. The molecular weight excluding hydrogens is 304 g/mol. The quantitative estimate of drug-likeness (QED) is 0.798. The predicted molar refractivity (Wildman–Crippen MR) is 77.8 cm³/mol. The van der Waals surface area contributed by atoms with Gasteiger partial charge < -0.3 is 4.52 Å². The summed E-state index contributed by atoms with van der Waals surface area (Å²) in [5.41, 5.74) is 1.00. The van der Waals surface area contributed by atoms with Gasteiger partial charge in [-0.25, -0.2) is 0 Å². The Morgan fingerprint density at radius 3 is 2.47 bits per heavy atom. The van der Waals surface area contributed by atoms with E-state index in [4.69, 9.17) is 4.52 Å². The van der Waals surface area contributed by atoms with Gasteiger partial charge in [0.05, 0.1) is 0 Å². The molecule has 3 rings (SSSR count). The molecule has 0 N–H and O–H groups in total. The monoisotopic (exact) mass is 320 g/mol. The maximum atomic E-state index is 5.45. The largest absolute Gasteiger partial charge is 0.339 e. The minimum absolute atomic E-state index is 0.452. The first-order chi connectivity index (χ1) is 9.22. The lowest BCUT2D eigenvalue weighted by atomic mass is 9.83. The molecule has 0 saturated heterocycles. The fourth-order valence-corrected chi connectivity index (χ4v) is 2.89. The van der Waals surface area contributed by atoms with Crippen molar-refractivity contribution in [2.75, 3.05) is 0 Å². The molecule has 1 saturated carbocycles. The van der Waals surface area contributed by atoms with Crippen LogP contribution in [0.25, 0.3) is 11.4 Å². The zero-order valence-corrected chi connectivity index (χ0v) is 12.6. The second-order valence-corrected chi connectivity index (χ2v) is 6.34. The molecule has 0 radical (unpaired) electrons. The van der Waals surface area contributed by atoms with Crippen LogP contribution < -0.4 is 0 Å². The van der Waals surface area contributed by atoms with Crippen LogP contribution in [-0.4, -0.2) is 10.1 Å². The van der Waals surface area contributed by atoms with Crippen LogP contribution in [0.5, 0.6) is 0 Å². The Balaban J connectivity index is 1.77. The maximum Gasteiger partial charge on any atom is 0.230 e. The van der Waals surface area contributed by atoms with E-state index in [0.29, 0.717) is 11.7 Å². The van der Waals surface area contributed by atoms with Crippen molar-refractivity contribution < 1.29 is 4.52 Å². The molecule has 1 aliphatic rings. The number of benzene rings is 1. The maximum absolute atomic E-state index is 5.45. The van der Waals surface area contributed by atoms with E-state index in [9.17, 15) is 0 Å². The van der Waals surface area contributed by atoms with Crippen LogP contribution in [0.1, 0.15) is 44.4 Å². The minimum atomic E-state index is 0.452. The molecule has 0 unspecified atom stereocenters. The van der Waals surface area contributed by atoms with Gasteiger partial charge in [0.2, 0.25) is 11.7 Å². The van der Waals surface area contributed by atoms with Gasteiger partial charge in [0.15, 0.2) is 0 Å². The number of nitrogens with zero attached hydrogens (tertiary/aromatic N) is 2. The normalized spacial score (nSPS) is 23.5. The van der Waals surface area contributed by atoms with Crippen molar-refractivity contribution >= 4 is 15.9 Å². The molecule has 4 heteroatoms. The van der Waals surface area contributed by atoms with Crippen LogP contribution in [0.4, 0.5) is 0 Å². The lowest BCUT2D eigenvalue weighted by molar-refractivity contribution is 0.281. The summed E-state index contributed by atoms with van der Waals surface area (Å²) in [7, 11) is 0. The molecule has 1 aromatic heterocycles. The van der Waals surface area contributed by atoms with Gasteiger partial charge in [-0.05, 0) is 55.9 Å². The van der Waals surface area contributed by atoms with E-state index < -0.39 is 0 Å². The summed E-state index contributed by atoms with van der Waals surface area (Å²) in [6, 6.07) is 7.99. The molecule has 1 aromatic carbocycles. The molecular formula is C15H17BrN2O. The second-order valence-electron chi connectivity index (χ2n) is 5.42. The average Bonchev–Trinajstić information content (AvgIpc) is 2.90. The van der Waals surface area contributed by atoms with E-state index in [-0.39, 0.29) is 0 Å². The highest BCUT2D eigenvalue weighted by Crippen LogP contribution is 2.35. The molecule has 100 valence electrons.